The van der Waals surface area contributed by atoms with Crippen molar-refractivity contribution in [3.05, 3.63) is 35.9 Å². The normalized spacial score (nSPS) is 10.2. The lowest BCUT2D eigenvalue weighted by atomic mass is 10.2. The van der Waals surface area contributed by atoms with Gasteiger partial charge >= 0.3 is 0 Å². The second kappa shape index (κ2) is 3.55. The molecule has 0 spiro atoms. The minimum absolute atomic E-state index is 0.518. The van der Waals surface area contributed by atoms with Gasteiger partial charge in [0.15, 0.2) is 0 Å². The van der Waals surface area contributed by atoms with Gasteiger partial charge in [-0.1, -0.05) is 29.8 Å². The molecule has 0 saturated carbocycles. The summed E-state index contributed by atoms with van der Waals surface area (Å²) in [5.74, 6) is 2.25. The van der Waals surface area contributed by atoms with Crippen LogP contribution in [0.4, 0.5) is 0 Å². The van der Waals surface area contributed by atoms with E-state index < -0.39 is 7.60 Å². The molecule has 0 aromatic heterocycles. The molecular weight excluding hydrogens is 175 g/mol. The third-order valence-electron chi connectivity index (χ3n) is 1.11. The zero-order valence-electron chi connectivity index (χ0n) is 6.06. The van der Waals surface area contributed by atoms with Gasteiger partial charge in [-0.2, -0.15) is 0 Å². The molecule has 0 amide bonds. The van der Waals surface area contributed by atoms with Crippen LogP contribution in [-0.4, -0.2) is 0 Å². The maximum absolute atomic E-state index is 10.1. The monoisotopic (exact) mass is 180 g/mol. The largest absolute Gasteiger partial charge is 0.801 e. The van der Waals surface area contributed by atoms with Gasteiger partial charge in [-0.05, 0) is 12.1 Å². The first kappa shape index (κ1) is 9.02. The van der Waals surface area contributed by atoms with Crippen molar-refractivity contribution < 1.29 is 14.4 Å². The van der Waals surface area contributed by atoms with Crippen LogP contribution in [0.5, 0.6) is 0 Å². The van der Waals surface area contributed by atoms with Gasteiger partial charge in [0.05, 0.1) is 0 Å². The molecule has 4 heteroatoms. The highest BCUT2D eigenvalue weighted by molar-refractivity contribution is 7.54. The van der Waals surface area contributed by atoms with Crippen molar-refractivity contribution >= 4 is 7.60 Å². The summed E-state index contributed by atoms with van der Waals surface area (Å²) >= 11 is 0. The smallest absolute Gasteiger partial charge is 0.0248 e. The Labute approximate surface area is 70.2 Å². The van der Waals surface area contributed by atoms with Gasteiger partial charge in [0.1, 0.15) is 0 Å². The molecule has 1 rings (SSSR count). The predicted molar refractivity (Wildman–Crippen MR) is 40.9 cm³/mol. The van der Waals surface area contributed by atoms with Crippen LogP contribution in [0.3, 0.4) is 0 Å². The van der Waals surface area contributed by atoms with Crippen molar-refractivity contribution in [2.24, 2.45) is 0 Å². The SMILES string of the molecule is O=P([O-])([O-])C#Cc1ccccc1. The summed E-state index contributed by atoms with van der Waals surface area (Å²) < 4.78 is 10.1. The third kappa shape index (κ3) is 3.36. The van der Waals surface area contributed by atoms with E-state index in [0.29, 0.717) is 5.56 Å². The molecule has 0 aliphatic rings. The molecule has 3 nitrogen and oxygen atoms in total. The molecule has 0 atom stereocenters. The molecule has 0 radical (unpaired) electrons. The zero-order valence-corrected chi connectivity index (χ0v) is 6.95. The predicted octanol–water partition coefficient (Wildman–Crippen LogP) is -0.0907. The fourth-order valence-corrected chi connectivity index (χ4v) is 0.921. The standard InChI is InChI=1S/C8H7O3P/c9-12(10,11)7-6-8-4-2-1-3-5-8/h1-5H,(H2,9,10,11)/p-2. The van der Waals surface area contributed by atoms with Crippen molar-refractivity contribution in [3.63, 3.8) is 0 Å². The summed E-state index contributed by atoms with van der Waals surface area (Å²) in [4.78, 5) is 20.2. The highest BCUT2D eigenvalue weighted by Gasteiger charge is 1.82. The Hall–Kier alpha value is -1.07. The van der Waals surface area contributed by atoms with E-state index in [2.05, 4.69) is 5.92 Å². The Morgan fingerprint density at radius 1 is 1.17 bits per heavy atom. The fourth-order valence-electron chi connectivity index (χ4n) is 0.655. The average Bonchev–Trinajstić information content (AvgIpc) is 2.02. The van der Waals surface area contributed by atoms with Crippen molar-refractivity contribution in [1.82, 2.24) is 0 Å². The maximum atomic E-state index is 10.1. The maximum Gasteiger partial charge on any atom is 0.0248 e. The minimum atomic E-state index is -4.69. The zero-order chi connectivity index (χ0) is 9.03. The topological polar surface area (TPSA) is 63.2 Å². The summed E-state index contributed by atoms with van der Waals surface area (Å²) in [6.07, 6.45) is 0. The minimum Gasteiger partial charge on any atom is -0.801 e. The molecule has 0 saturated heterocycles. The summed E-state index contributed by atoms with van der Waals surface area (Å²) in [5.41, 5.74) is 2.15. The average molecular weight is 180 g/mol. The van der Waals surface area contributed by atoms with E-state index in [4.69, 9.17) is 0 Å². The fraction of sp³-hybridized carbons (Fsp3) is 0. The quantitative estimate of drug-likeness (QED) is 0.414. The van der Waals surface area contributed by atoms with Crippen LogP contribution in [0.2, 0.25) is 0 Å². The molecule has 0 unspecified atom stereocenters. The Bertz CT molecular complexity index is 355. The Balaban J connectivity index is 2.88. The van der Waals surface area contributed by atoms with Crippen LogP contribution >= 0.6 is 7.60 Å². The Morgan fingerprint density at radius 3 is 2.25 bits per heavy atom. The van der Waals surface area contributed by atoms with E-state index in [9.17, 15) is 14.4 Å². The second-order valence-corrected chi connectivity index (χ2v) is 3.32. The van der Waals surface area contributed by atoms with E-state index in [-0.39, 0.29) is 0 Å². The first-order valence-electron chi connectivity index (χ1n) is 3.18. The Kier molecular flexibility index (Phi) is 2.67. The summed E-state index contributed by atoms with van der Waals surface area (Å²) in [6, 6.07) is 8.46. The van der Waals surface area contributed by atoms with E-state index >= 15 is 0 Å². The molecule has 0 N–H and O–H groups in total. The number of benzene rings is 1. The molecule has 62 valence electrons. The lowest BCUT2D eigenvalue weighted by molar-refractivity contribution is -0.307. The van der Waals surface area contributed by atoms with Crippen molar-refractivity contribution in [3.8, 4) is 11.6 Å². The van der Waals surface area contributed by atoms with Gasteiger partial charge in [0.25, 0.3) is 0 Å². The van der Waals surface area contributed by atoms with Crippen molar-refractivity contribution in [2.45, 2.75) is 0 Å². The third-order valence-corrected chi connectivity index (χ3v) is 1.50. The van der Waals surface area contributed by atoms with Gasteiger partial charge in [-0.15, -0.1) is 0 Å². The molecule has 1 aromatic rings. The van der Waals surface area contributed by atoms with Crippen molar-refractivity contribution in [1.29, 1.82) is 0 Å². The first-order valence-corrected chi connectivity index (χ1v) is 4.72. The van der Waals surface area contributed by atoms with Crippen LogP contribution < -0.4 is 9.79 Å². The molecule has 12 heavy (non-hydrogen) atoms. The summed E-state index contributed by atoms with van der Waals surface area (Å²) in [7, 11) is -4.69. The van der Waals surface area contributed by atoms with Crippen LogP contribution in [0.1, 0.15) is 5.56 Å². The van der Waals surface area contributed by atoms with Crippen molar-refractivity contribution in [2.75, 3.05) is 0 Å². The lowest BCUT2D eigenvalue weighted by Crippen LogP contribution is -2.10. The van der Waals surface area contributed by atoms with Gasteiger partial charge in [-0.25, -0.2) is 0 Å². The van der Waals surface area contributed by atoms with E-state index in [1.807, 2.05) is 0 Å². The number of hydrogen-bond donors (Lipinski definition) is 0. The van der Waals surface area contributed by atoms with Crippen LogP contribution in [0.15, 0.2) is 30.3 Å². The summed E-state index contributed by atoms with van der Waals surface area (Å²) in [6.45, 7) is 0. The second-order valence-electron chi connectivity index (χ2n) is 2.10. The summed E-state index contributed by atoms with van der Waals surface area (Å²) in [5, 5.41) is 0. The van der Waals surface area contributed by atoms with Gasteiger partial charge in [0.2, 0.25) is 0 Å². The van der Waals surface area contributed by atoms with Crippen LogP contribution in [-0.2, 0) is 4.57 Å². The lowest BCUT2D eigenvalue weighted by Gasteiger charge is -2.20. The molecule has 0 fully saturated rings. The molecule has 0 aliphatic heterocycles. The molecule has 0 heterocycles. The van der Waals surface area contributed by atoms with Gasteiger partial charge in [-0.3, -0.25) is 0 Å². The first-order chi connectivity index (χ1) is 5.58. The Morgan fingerprint density at radius 2 is 1.75 bits per heavy atom. The highest BCUT2D eigenvalue weighted by atomic mass is 31.2. The molecule has 1 aromatic carbocycles. The molecular formula is C8H5O3P-2. The van der Waals surface area contributed by atoms with Crippen LogP contribution in [0.25, 0.3) is 0 Å². The number of rotatable bonds is 0. The van der Waals surface area contributed by atoms with E-state index in [0.717, 1.165) is 0 Å². The van der Waals surface area contributed by atoms with Crippen LogP contribution in [0, 0.1) is 11.6 Å². The van der Waals surface area contributed by atoms with E-state index in [1.165, 1.54) is 0 Å². The molecule has 0 aliphatic carbocycles. The van der Waals surface area contributed by atoms with E-state index in [1.54, 1.807) is 36.0 Å². The molecule has 0 bridgehead atoms. The van der Waals surface area contributed by atoms with Gasteiger partial charge < -0.3 is 14.4 Å². The number of hydrogen-bond acceptors (Lipinski definition) is 3. The highest BCUT2D eigenvalue weighted by Crippen LogP contribution is 2.19. The van der Waals surface area contributed by atoms with Gasteiger partial charge in [0, 0.05) is 13.2 Å².